The van der Waals surface area contributed by atoms with Gasteiger partial charge >= 0.3 is 6.18 Å². The van der Waals surface area contributed by atoms with Gasteiger partial charge in [-0.2, -0.15) is 23.0 Å². The van der Waals surface area contributed by atoms with Gasteiger partial charge in [0.1, 0.15) is 17.0 Å². The molecule has 3 heterocycles. The molecule has 0 bridgehead atoms. The maximum absolute atomic E-state index is 14.1. The van der Waals surface area contributed by atoms with Gasteiger partial charge in [-0.05, 0) is 61.4 Å². The Hall–Kier alpha value is -3.70. The summed E-state index contributed by atoms with van der Waals surface area (Å²) in [5, 5.41) is 24.2. The van der Waals surface area contributed by atoms with Gasteiger partial charge in [0.15, 0.2) is 0 Å². The van der Waals surface area contributed by atoms with E-state index in [9.17, 15) is 32.6 Å². The third-order valence-corrected chi connectivity index (χ3v) is 6.63. The number of halogens is 4. The van der Waals surface area contributed by atoms with Gasteiger partial charge in [-0.25, -0.2) is 4.39 Å². The van der Waals surface area contributed by atoms with Crippen LogP contribution in [0, 0.1) is 12.7 Å². The molecule has 0 radical (unpaired) electrons. The first-order valence-corrected chi connectivity index (χ1v) is 11.7. The van der Waals surface area contributed by atoms with Gasteiger partial charge in [-0.15, -0.1) is 0 Å². The minimum Gasteiger partial charge on any atom is -0.395 e. The second-order valence-corrected chi connectivity index (χ2v) is 9.11. The number of aryl methyl sites for hydroxylation is 1. The standard InChI is InChI=1S/C26H24F4N4O3/c1-15-12-16(2-5-21(15)27)23-19-7-9-32(10-11-35)24(19)25(37)34(31-23)22-13-17(33-8-6-18(36)14-33)3-4-20(22)26(28,29)30/h2-5,7,9,12-13,18,35-36H,6,8,10-11,14H2,1H3/t18-/m0/s1. The number of anilines is 1. The van der Waals surface area contributed by atoms with Crippen molar-refractivity contribution in [2.75, 3.05) is 24.6 Å². The van der Waals surface area contributed by atoms with Gasteiger partial charge in [0.05, 0.1) is 24.0 Å². The fourth-order valence-electron chi connectivity index (χ4n) is 4.77. The molecule has 2 aromatic carbocycles. The first-order valence-electron chi connectivity index (χ1n) is 11.7. The second-order valence-electron chi connectivity index (χ2n) is 9.11. The Morgan fingerprint density at radius 3 is 2.57 bits per heavy atom. The molecule has 2 N–H and O–H groups in total. The van der Waals surface area contributed by atoms with Gasteiger partial charge in [0.2, 0.25) is 0 Å². The molecule has 0 saturated carbocycles. The van der Waals surface area contributed by atoms with Gasteiger partial charge in [0.25, 0.3) is 5.56 Å². The largest absolute Gasteiger partial charge is 0.418 e. The summed E-state index contributed by atoms with van der Waals surface area (Å²) in [7, 11) is 0. The van der Waals surface area contributed by atoms with Crippen molar-refractivity contribution in [3.8, 4) is 16.9 Å². The lowest BCUT2D eigenvalue weighted by molar-refractivity contribution is -0.137. The molecule has 11 heteroatoms. The van der Waals surface area contributed by atoms with Crippen LogP contribution in [0.25, 0.3) is 27.8 Å². The fourth-order valence-corrected chi connectivity index (χ4v) is 4.77. The van der Waals surface area contributed by atoms with E-state index in [1.54, 1.807) is 24.1 Å². The maximum atomic E-state index is 14.1. The maximum Gasteiger partial charge on any atom is 0.418 e. The molecular formula is C26H24F4N4O3. The summed E-state index contributed by atoms with van der Waals surface area (Å²) in [6.07, 6.45) is -3.35. The highest BCUT2D eigenvalue weighted by Gasteiger charge is 2.36. The average molecular weight is 516 g/mol. The highest BCUT2D eigenvalue weighted by molar-refractivity contribution is 5.93. The molecule has 0 aliphatic carbocycles. The summed E-state index contributed by atoms with van der Waals surface area (Å²) in [5.41, 5.74) is -0.891. The first-order chi connectivity index (χ1) is 17.6. The predicted molar refractivity (Wildman–Crippen MR) is 130 cm³/mol. The Morgan fingerprint density at radius 1 is 1.14 bits per heavy atom. The molecule has 37 heavy (non-hydrogen) atoms. The van der Waals surface area contributed by atoms with Crippen LogP contribution in [0.15, 0.2) is 53.5 Å². The van der Waals surface area contributed by atoms with Crippen LogP contribution in [-0.4, -0.2) is 50.4 Å². The number of aliphatic hydroxyl groups is 2. The summed E-state index contributed by atoms with van der Waals surface area (Å²) in [4.78, 5) is 15.4. The summed E-state index contributed by atoms with van der Waals surface area (Å²) >= 11 is 0. The fraction of sp³-hybridized carbons (Fsp3) is 0.308. The highest BCUT2D eigenvalue weighted by Crippen LogP contribution is 2.37. The molecular weight excluding hydrogens is 492 g/mol. The number of rotatable bonds is 5. The number of alkyl halides is 3. The summed E-state index contributed by atoms with van der Waals surface area (Å²) in [6, 6.07) is 9.27. The van der Waals surface area contributed by atoms with Crippen molar-refractivity contribution in [1.82, 2.24) is 14.3 Å². The molecule has 194 valence electrons. The van der Waals surface area contributed by atoms with E-state index in [2.05, 4.69) is 5.10 Å². The van der Waals surface area contributed by atoms with Crippen molar-refractivity contribution < 1.29 is 27.8 Å². The van der Waals surface area contributed by atoms with E-state index in [0.29, 0.717) is 35.2 Å². The Morgan fingerprint density at radius 2 is 1.92 bits per heavy atom. The highest BCUT2D eigenvalue weighted by atomic mass is 19.4. The van der Waals surface area contributed by atoms with E-state index in [0.717, 1.165) is 10.7 Å². The molecule has 7 nitrogen and oxygen atoms in total. The van der Waals surface area contributed by atoms with E-state index in [1.807, 2.05) is 0 Å². The third kappa shape index (κ3) is 4.49. The number of aromatic nitrogens is 3. The predicted octanol–water partition coefficient (Wildman–Crippen LogP) is 3.88. The average Bonchev–Trinajstić information content (AvgIpc) is 3.47. The topological polar surface area (TPSA) is 83.5 Å². The van der Waals surface area contributed by atoms with Crippen LogP contribution in [-0.2, 0) is 12.7 Å². The lowest BCUT2D eigenvalue weighted by atomic mass is 10.1. The summed E-state index contributed by atoms with van der Waals surface area (Å²) in [5.74, 6) is -0.453. The number of hydrogen-bond acceptors (Lipinski definition) is 5. The van der Waals surface area contributed by atoms with E-state index in [4.69, 9.17) is 0 Å². The van der Waals surface area contributed by atoms with Crippen LogP contribution in [0.4, 0.5) is 23.2 Å². The first kappa shape index (κ1) is 25.0. The molecule has 1 atom stereocenters. The van der Waals surface area contributed by atoms with Crippen LogP contribution in [0.2, 0.25) is 0 Å². The molecule has 5 rings (SSSR count). The molecule has 0 spiro atoms. The zero-order chi connectivity index (χ0) is 26.5. The Bertz CT molecular complexity index is 1540. The Labute approximate surface area is 208 Å². The molecule has 1 saturated heterocycles. The van der Waals surface area contributed by atoms with Gasteiger partial charge in [0, 0.05) is 42.5 Å². The molecule has 1 aliphatic heterocycles. The van der Waals surface area contributed by atoms with E-state index < -0.39 is 34.9 Å². The number of aliphatic hydroxyl groups excluding tert-OH is 2. The zero-order valence-electron chi connectivity index (χ0n) is 19.8. The van der Waals surface area contributed by atoms with Gasteiger partial charge in [-0.1, -0.05) is 0 Å². The summed E-state index contributed by atoms with van der Waals surface area (Å²) < 4.78 is 58.6. The smallest absolute Gasteiger partial charge is 0.395 e. The lowest BCUT2D eigenvalue weighted by Gasteiger charge is -2.22. The monoisotopic (exact) mass is 516 g/mol. The van der Waals surface area contributed by atoms with Crippen molar-refractivity contribution in [2.45, 2.75) is 32.2 Å². The van der Waals surface area contributed by atoms with Gasteiger partial charge < -0.3 is 19.7 Å². The Balaban J connectivity index is 1.82. The van der Waals surface area contributed by atoms with E-state index >= 15 is 0 Å². The van der Waals surface area contributed by atoms with E-state index in [1.165, 1.54) is 34.9 Å². The number of hydrogen-bond donors (Lipinski definition) is 2. The quantitative estimate of drug-likeness (QED) is 0.394. The molecule has 1 aliphatic rings. The van der Waals surface area contributed by atoms with Crippen molar-refractivity contribution in [1.29, 1.82) is 0 Å². The van der Waals surface area contributed by atoms with Crippen LogP contribution < -0.4 is 10.5 Å². The number of fused-ring (bicyclic) bond motifs is 1. The van der Waals surface area contributed by atoms with Crippen molar-refractivity contribution >= 4 is 16.6 Å². The Kier molecular flexibility index (Phi) is 6.28. The number of nitrogens with zero attached hydrogens (tertiary/aromatic N) is 4. The van der Waals surface area contributed by atoms with Crippen LogP contribution in [0.5, 0.6) is 0 Å². The minimum absolute atomic E-state index is 0.0441. The van der Waals surface area contributed by atoms with Gasteiger partial charge in [-0.3, -0.25) is 4.79 Å². The SMILES string of the molecule is Cc1cc(-c2nn(-c3cc(N4CC[C@H](O)C4)ccc3C(F)(F)F)c(=O)c3c2ccn3CCO)ccc1F. The minimum atomic E-state index is -4.78. The molecule has 4 aromatic rings. The van der Waals surface area contributed by atoms with Crippen LogP contribution in [0.3, 0.4) is 0 Å². The number of benzene rings is 2. The molecule has 0 unspecified atom stereocenters. The molecule has 2 aromatic heterocycles. The molecule has 1 fully saturated rings. The third-order valence-electron chi connectivity index (χ3n) is 6.63. The lowest BCUT2D eigenvalue weighted by Crippen LogP contribution is -2.27. The van der Waals surface area contributed by atoms with Crippen LogP contribution >= 0.6 is 0 Å². The van der Waals surface area contributed by atoms with Crippen LogP contribution in [0.1, 0.15) is 17.5 Å². The molecule has 0 amide bonds. The second kappa shape index (κ2) is 9.31. The van der Waals surface area contributed by atoms with Crippen molar-refractivity contribution in [3.05, 3.63) is 76.0 Å². The van der Waals surface area contributed by atoms with Crippen molar-refractivity contribution in [2.24, 2.45) is 0 Å². The summed E-state index contributed by atoms with van der Waals surface area (Å²) in [6.45, 7) is 2.01. The number of β-amino-alcohol motifs (C(OH)–C–C–N with tert-alkyl or cyclic N) is 1. The van der Waals surface area contributed by atoms with Crippen molar-refractivity contribution in [3.63, 3.8) is 0 Å². The normalized spacial score (nSPS) is 16.2. The van der Waals surface area contributed by atoms with E-state index in [-0.39, 0.29) is 30.9 Å². The zero-order valence-corrected chi connectivity index (χ0v) is 19.8.